The highest BCUT2D eigenvalue weighted by Crippen LogP contribution is 2.66. The van der Waals surface area contributed by atoms with Crippen LogP contribution >= 0.6 is 11.6 Å². The van der Waals surface area contributed by atoms with Crippen molar-refractivity contribution in [1.29, 1.82) is 0 Å². The zero-order valence-corrected chi connectivity index (χ0v) is 23.5. The lowest BCUT2D eigenvalue weighted by molar-refractivity contribution is -0.149. The maximum atomic E-state index is 14.4. The number of anilines is 1. The number of para-hydroxylation sites is 1. The summed E-state index contributed by atoms with van der Waals surface area (Å²) in [6, 6.07) is 12.6. The maximum Gasteiger partial charge on any atom is 0.250 e. The van der Waals surface area contributed by atoms with Crippen LogP contribution < -0.4 is 10.6 Å². The molecular weight excluding hydrogens is 518 g/mol. The van der Waals surface area contributed by atoms with Crippen molar-refractivity contribution in [2.45, 2.75) is 63.8 Å². The van der Waals surface area contributed by atoms with Gasteiger partial charge >= 0.3 is 0 Å². The van der Waals surface area contributed by atoms with Crippen molar-refractivity contribution in [3.63, 3.8) is 0 Å². The summed E-state index contributed by atoms with van der Waals surface area (Å²) in [7, 11) is 0. The number of fused-ring (bicyclic) bond motifs is 1. The molecule has 3 heterocycles. The molecule has 208 valence electrons. The molecule has 3 amide bonds. The quantitative estimate of drug-likeness (QED) is 0.460. The Labute approximate surface area is 234 Å². The minimum absolute atomic E-state index is 0.0828. The maximum absolute atomic E-state index is 14.4. The van der Waals surface area contributed by atoms with E-state index in [1.807, 2.05) is 64.1 Å². The standard InChI is InChI=1S/C30H36ClN3O5/c1-5-14-32-26(36)22-23-28(38)34(21(16-35)19-11-7-6-8-12-19)25(30(23)15-18(3)29(22,4)39-30)27(37)33-24-17(2)10-9-13-20(24)31/h6-13,18,21-23,25,35H,5,14-16H2,1-4H3,(H,32,36)(H,33,37)/t18?,21-,22+,23+,25?,29-,30?/m1/s1. The molecule has 3 aliphatic rings. The molecular formula is C30H36ClN3O5. The Hall–Kier alpha value is -2.94. The molecule has 2 bridgehead atoms. The summed E-state index contributed by atoms with van der Waals surface area (Å²) in [5.41, 5.74) is -0.222. The number of rotatable bonds is 8. The van der Waals surface area contributed by atoms with Gasteiger partial charge in [0.1, 0.15) is 11.6 Å². The lowest BCUT2D eigenvalue weighted by Crippen LogP contribution is -2.55. The van der Waals surface area contributed by atoms with Gasteiger partial charge in [-0.25, -0.2) is 0 Å². The lowest BCUT2D eigenvalue weighted by Gasteiger charge is -2.37. The summed E-state index contributed by atoms with van der Waals surface area (Å²) < 4.78 is 6.76. The molecule has 7 atom stereocenters. The fourth-order valence-corrected chi connectivity index (χ4v) is 7.35. The first kappa shape index (κ1) is 27.6. The number of hydrogen-bond acceptors (Lipinski definition) is 5. The second-order valence-electron chi connectivity index (χ2n) is 11.3. The number of hydrogen-bond donors (Lipinski definition) is 3. The van der Waals surface area contributed by atoms with E-state index in [1.54, 1.807) is 12.1 Å². The van der Waals surface area contributed by atoms with Crippen LogP contribution in [0.25, 0.3) is 0 Å². The molecule has 0 saturated carbocycles. The Morgan fingerprint density at radius 1 is 1.18 bits per heavy atom. The number of nitrogens with zero attached hydrogens (tertiary/aromatic N) is 1. The highest BCUT2D eigenvalue weighted by atomic mass is 35.5. The number of amides is 3. The van der Waals surface area contributed by atoms with Crippen LogP contribution in [0, 0.1) is 24.7 Å². The molecule has 3 unspecified atom stereocenters. The molecule has 3 N–H and O–H groups in total. The highest BCUT2D eigenvalue weighted by molar-refractivity contribution is 6.34. The number of aliphatic hydroxyl groups is 1. The van der Waals surface area contributed by atoms with Gasteiger partial charge in [-0.3, -0.25) is 14.4 Å². The summed E-state index contributed by atoms with van der Waals surface area (Å²) >= 11 is 6.46. The average Bonchev–Trinajstić information content (AvgIpc) is 3.43. The lowest BCUT2D eigenvalue weighted by atomic mass is 9.62. The van der Waals surface area contributed by atoms with Crippen LogP contribution in [0.4, 0.5) is 5.69 Å². The van der Waals surface area contributed by atoms with E-state index in [4.69, 9.17) is 16.3 Å². The van der Waals surface area contributed by atoms with Crippen LogP contribution in [0.3, 0.4) is 0 Å². The Kier molecular flexibility index (Phi) is 7.24. The van der Waals surface area contributed by atoms with E-state index in [9.17, 15) is 19.5 Å². The van der Waals surface area contributed by atoms with Crippen LogP contribution in [-0.2, 0) is 19.1 Å². The second-order valence-corrected chi connectivity index (χ2v) is 11.7. The van der Waals surface area contributed by atoms with Gasteiger partial charge in [-0.05, 0) is 49.8 Å². The number of aryl methyl sites for hydroxylation is 1. The van der Waals surface area contributed by atoms with Crippen molar-refractivity contribution in [3.05, 3.63) is 64.7 Å². The third kappa shape index (κ3) is 4.15. The first-order chi connectivity index (χ1) is 18.6. The number of nitrogens with one attached hydrogen (secondary N) is 2. The van der Waals surface area contributed by atoms with Gasteiger partial charge in [0.05, 0.1) is 40.8 Å². The van der Waals surface area contributed by atoms with E-state index in [1.165, 1.54) is 4.90 Å². The van der Waals surface area contributed by atoms with Crippen molar-refractivity contribution in [1.82, 2.24) is 10.2 Å². The number of halogens is 1. The molecule has 0 aliphatic carbocycles. The minimum Gasteiger partial charge on any atom is -0.394 e. The van der Waals surface area contributed by atoms with Gasteiger partial charge in [0.15, 0.2) is 0 Å². The third-order valence-corrected chi connectivity index (χ3v) is 9.31. The third-order valence-electron chi connectivity index (χ3n) is 9.00. The van der Waals surface area contributed by atoms with Crippen LogP contribution in [0.5, 0.6) is 0 Å². The van der Waals surface area contributed by atoms with E-state index < -0.39 is 47.6 Å². The molecule has 0 radical (unpaired) electrons. The van der Waals surface area contributed by atoms with E-state index >= 15 is 0 Å². The largest absolute Gasteiger partial charge is 0.394 e. The number of carbonyl (C=O) groups excluding carboxylic acids is 3. The Morgan fingerprint density at radius 3 is 2.54 bits per heavy atom. The number of aliphatic hydroxyl groups excluding tert-OH is 1. The van der Waals surface area contributed by atoms with Gasteiger partial charge in [-0.1, -0.05) is 67.9 Å². The van der Waals surface area contributed by atoms with Crippen LogP contribution in [-0.4, -0.2) is 58.1 Å². The predicted octanol–water partition coefficient (Wildman–Crippen LogP) is 3.86. The monoisotopic (exact) mass is 553 g/mol. The smallest absolute Gasteiger partial charge is 0.250 e. The predicted molar refractivity (Wildman–Crippen MR) is 148 cm³/mol. The first-order valence-electron chi connectivity index (χ1n) is 13.6. The van der Waals surface area contributed by atoms with Crippen molar-refractivity contribution in [3.8, 4) is 0 Å². The van der Waals surface area contributed by atoms with Crippen molar-refractivity contribution >= 4 is 35.0 Å². The van der Waals surface area contributed by atoms with E-state index in [-0.39, 0.29) is 17.7 Å². The molecule has 3 aliphatic heterocycles. The molecule has 0 aromatic heterocycles. The second kappa shape index (κ2) is 10.2. The van der Waals surface area contributed by atoms with Gasteiger partial charge < -0.3 is 25.4 Å². The van der Waals surface area contributed by atoms with Gasteiger partial charge in [-0.15, -0.1) is 0 Å². The average molecular weight is 554 g/mol. The Balaban J connectivity index is 1.64. The highest BCUT2D eigenvalue weighted by Gasteiger charge is 2.80. The molecule has 1 spiro atoms. The van der Waals surface area contributed by atoms with E-state index in [2.05, 4.69) is 10.6 Å². The van der Waals surface area contributed by atoms with E-state index in [0.717, 1.165) is 12.0 Å². The normalized spacial score (nSPS) is 31.7. The molecule has 39 heavy (non-hydrogen) atoms. The summed E-state index contributed by atoms with van der Waals surface area (Å²) in [6.07, 6.45) is 1.19. The van der Waals surface area contributed by atoms with Gasteiger partial charge in [0, 0.05) is 6.54 Å². The fourth-order valence-electron chi connectivity index (χ4n) is 7.08. The molecule has 3 fully saturated rings. The van der Waals surface area contributed by atoms with Crippen LogP contribution in [0.1, 0.15) is 50.8 Å². The molecule has 8 nitrogen and oxygen atoms in total. The number of ether oxygens (including phenoxy) is 1. The first-order valence-corrected chi connectivity index (χ1v) is 14.0. The minimum atomic E-state index is -1.24. The van der Waals surface area contributed by atoms with Crippen molar-refractivity contribution in [2.75, 3.05) is 18.5 Å². The summed E-state index contributed by atoms with van der Waals surface area (Å²) in [6.45, 7) is 7.78. The number of likely N-dealkylation sites (tertiary alicyclic amines) is 1. The number of carbonyl (C=O) groups is 3. The molecule has 3 saturated heterocycles. The van der Waals surface area contributed by atoms with Gasteiger partial charge in [0.25, 0.3) is 0 Å². The zero-order valence-electron chi connectivity index (χ0n) is 22.7. The Morgan fingerprint density at radius 2 is 1.90 bits per heavy atom. The fraction of sp³-hybridized carbons (Fsp3) is 0.500. The number of benzene rings is 2. The van der Waals surface area contributed by atoms with Gasteiger partial charge in [0.2, 0.25) is 17.7 Å². The Bertz CT molecular complexity index is 1270. The van der Waals surface area contributed by atoms with Crippen molar-refractivity contribution < 1.29 is 24.2 Å². The summed E-state index contributed by atoms with van der Waals surface area (Å²) in [4.78, 5) is 43.7. The molecule has 5 rings (SSSR count). The molecule has 9 heteroatoms. The van der Waals surface area contributed by atoms with Crippen LogP contribution in [0.15, 0.2) is 48.5 Å². The van der Waals surface area contributed by atoms with E-state index in [0.29, 0.717) is 29.2 Å². The van der Waals surface area contributed by atoms with Crippen LogP contribution in [0.2, 0.25) is 5.02 Å². The van der Waals surface area contributed by atoms with Gasteiger partial charge in [-0.2, -0.15) is 0 Å². The zero-order chi connectivity index (χ0) is 28.1. The molecule has 2 aromatic carbocycles. The summed E-state index contributed by atoms with van der Waals surface area (Å²) in [5.74, 6) is -2.77. The summed E-state index contributed by atoms with van der Waals surface area (Å²) in [5, 5.41) is 16.9. The van der Waals surface area contributed by atoms with Crippen molar-refractivity contribution in [2.24, 2.45) is 17.8 Å². The SMILES string of the molecule is CCCNC(=O)[C@@H]1[C@H]2C(=O)N([C@H](CO)c3ccccc3)C(C(=O)Nc3c(C)cccc3Cl)C23CC(C)[C@@]1(C)O3. The topological polar surface area (TPSA) is 108 Å². The molecule has 2 aromatic rings.